The van der Waals surface area contributed by atoms with Crippen molar-refractivity contribution in [2.75, 3.05) is 6.54 Å². The van der Waals surface area contributed by atoms with Gasteiger partial charge in [0.15, 0.2) is 0 Å². The summed E-state index contributed by atoms with van der Waals surface area (Å²) in [6.45, 7) is 5.17. The van der Waals surface area contributed by atoms with Crippen molar-refractivity contribution in [1.29, 1.82) is 0 Å². The van der Waals surface area contributed by atoms with E-state index in [-0.39, 0.29) is 5.91 Å². The summed E-state index contributed by atoms with van der Waals surface area (Å²) in [7, 11) is 0. The van der Waals surface area contributed by atoms with Gasteiger partial charge in [-0.2, -0.15) is 0 Å². The maximum absolute atomic E-state index is 12.1. The van der Waals surface area contributed by atoms with Crippen LogP contribution in [0.5, 0.6) is 0 Å². The molecule has 0 aromatic rings. The Balaban J connectivity index is 2.26. The van der Waals surface area contributed by atoms with Gasteiger partial charge in [0, 0.05) is 6.54 Å². The second-order valence-electron chi connectivity index (χ2n) is 5.67. The van der Waals surface area contributed by atoms with Crippen LogP contribution in [0, 0.1) is 5.92 Å². The molecule has 0 aromatic heterocycles. The van der Waals surface area contributed by atoms with Crippen LogP contribution in [-0.4, -0.2) is 18.0 Å². The minimum absolute atomic E-state index is 0.0700. The number of rotatable bonds is 6. The molecule has 100 valence electrons. The molecule has 3 nitrogen and oxygen atoms in total. The van der Waals surface area contributed by atoms with Crippen LogP contribution >= 0.6 is 0 Å². The van der Waals surface area contributed by atoms with E-state index >= 15 is 0 Å². The molecule has 2 atom stereocenters. The summed E-state index contributed by atoms with van der Waals surface area (Å²) in [5.41, 5.74) is 5.63. The lowest BCUT2D eigenvalue weighted by Gasteiger charge is -2.35. The predicted octanol–water partition coefficient (Wildman–Crippen LogP) is 2.59. The van der Waals surface area contributed by atoms with Crippen LogP contribution in [0.3, 0.4) is 0 Å². The summed E-state index contributed by atoms with van der Waals surface area (Å²) in [5.74, 6) is 0.653. The molecule has 2 unspecified atom stereocenters. The van der Waals surface area contributed by atoms with Crippen molar-refractivity contribution in [2.24, 2.45) is 11.7 Å². The maximum atomic E-state index is 12.1. The Morgan fingerprint density at radius 1 is 1.41 bits per heavy atom. The Morgan fingerprint density at radius 2 is 2.18 bits per heavy atom. The van der Waals surface area contributed by atoms with Gasteiger partial charge >= 0.3 is 0 Å². The van der Waals surface area contributed by atoms with Gasteiger partial charge in [0.1, 0.15) is 0 Å². The molecule has 0 radical (unpaired) electrons. The molecule has 1 aliphatic rings. The highest BCUT2D eigenvalue weighted by molar-refractivity contribution is 5.86. The first-order chi connectivity index (χ1) is 8.08. The maximum Gasteiger partial charge on any atom is 0.240 e. The standard InChI is InChI=1S/C14H28N2O/c1-3-4-5-6-10-16-13(17)14(15)9-7-8-12(2)11-14/h12H,3-11,15H2,1-2H3,(H,16,17). The highest BCUT2D eigenvalue weighted by Gasteiger charge is 2.37. The predicted molar refractivity (Wildman–Crippen MR) is 71.7 cm³/mol. The monoisotopic (exact) mass is 240 g/mol. The summed E-state index contributed by atoms with van der Waals surface area (Å²) < 4.78 is 0. The lowest BCUT2D eigenvalue weighted by Crippen LogP contribution is -2.56. The number of hydrogen-bond acceptors (Lipinski definition) is 2. The van der Waals surface area contributed by atoms with E-state index in [9.17, 15) is 4.79 Å². The fraction of sp³-hybridized carbons (Fsp3) is 0.929. The number of amides is 1. The minimum Gasteiger partial charge on any atom is -0.355 e. The Hall–Kier alpha value is -0.570. The molecule has 17 heavy (non-hydrogen) atoms. The first kappa shape index (κ1) is 14.5. The van der Waals surface area contributed by atoms with Gasteiger partial charge in [-0.25, -0.2) is 0 Å². The van der Waals surface area contributed by atoms with Crippen LogP contribution < -0.4 is 11.1 Å². The molecule has 1 amide bonds. The van der Waals surface area contributed by atoms with E-state index in [2.05, 4.69) is 19.2 Å². The third-order valence-electron chi connectivity index (χ3n) is 3.80. The van der Waals surface area contributed by atoms with Crippen molar-refractivity contribution >= 4 is 5.91 Å². The number of hydrogen-bond donors (Lipinski definition) is 2. The van der Waals surface area contributed by atoms with Crippen molar-refractivity contribution in [3.8, 4) is 0 Å². The van der Waals surface area contributed by atoms with Crippen molar-refractivity contribution in [3.63, 3.8) is 0 Å². The van der Waals surface area contributed by atoms with Crippen LogP contribution in [0.2, 0.25) is 0 Å². The molecular formula is C14H28N2O. The van der Waals surface area contributed by atoms with Gasteiger partial charge in [-0.05, 0) is 25.2 Å². The van der Waals surface area contributed by atoms with Crippen LogP contribution in [0.15, 0.2) is 0 Å². The zero-order valence-electron chi connectivity index (χ0n) is 11.4. The van der Waals surface area contributed by atoms with Crippen molar-refractivity contribution in [3.05, 3.63) is 0 Å². The molecule has 1 saturated carbocycles. The van der Waals surface area contributed by atoms with Crippen LogP contribution in [-0.2, 0) is 4.79 Å². The van der Waals surface area contributed by atoms with Gasteiger partial charge in [0.2, 0.25) is 5.91 Å². The van der Waals surface area contributed by atoms with Gasteiger partial charge < -0.3 is 11.1 Å². The quantitative estimate of drug-likeness (QED) is 0.701. The Kier molecular flexibility index (Phi) is 5.96. The van der Waals surface area contributed by atoms with E-state index in [1.165, 1.54) is 25.7 Å². The van der Waals surface area contributed by atoms with Gasteiger partial charge in [-0.3, -0.25) is 4.79 Å². The molecule has 1 rings (SSSR count). The van der Waals surface area contributed by atoms with Crippen molar-refractivity contribution in [1.82, 2.24) is 5.32 Å². The number of nitrogens with two attached hydrogens (primary N) is 1. The lowest BCUT2D eigenvalue weighted by molar-refractivity contribution is -0.128. The first-order valence-corrected chi connectivity index (χ1v) is 7.15. The Labute approximate surface area is 106 Å². The SMILES string of the molecule is CCCCCCNC(=O)C1(N)CCCC(C)C1. The molecular weight excluding hydrogens is 212 g/mol. The van der Waals surface area contributed by atoms with Gasteiger partial charge in [0.25, 0.3) is 0 Å². The zero-order valence-corrected chi connectivity index (χ0v) is 11.4. The van der Waals surface area contributed by atoms with Crippen LogP contribution in [0.1, 0.15) is 65.2 Å². The fourth-order valence-electron chi connectivity index (χ4n) is 2.73. The zero-order chi connectivity index (χ0) is 12.7. The molecule has 0 bridgehead atoms. The van der Waals surface area contributed by atoms with Crippen LogP contribution in [0.4, 0.5) is 0 Å². The average molecular weight is 240 g/mol. The second kappa shape index (κ2) is 7.00. The van der Waals surface area contributed by atoms with E-state index in [4.69, 9.17) is 5.73 Å². The van der Waals surface area contributed by atoms with Crippen LogP contribution in [0.25, 0.3) is 0 Å². The smallest absolute Gasteiger partial charge is 0.240 e. The number of unbranched alkanes of at least 4 members (excludes halogenated alkanes) is 3. The van der Waals surface area contributed by atoms with Crippen molar-refractivity contribution < 1.29 is 4.79 Å². The average Bonchev–Trinajstić information content (AvgIpc) is 2.28. The van der Waals surface area contributed by atoms with Gasteiger partial charge in [-0.15, -0.1) is 0 Å². The molecule has 1 fully saturated rings. The van der Waals surface area contributed by atoms with Gasteiger partial charge in [0.05, 0.1) is 5.54 Å². The van der Waals surface area contributed by atoms with E-state index < -0.39 is 5.54 Å². The second-order valence-corrected chi connectivity index (χ2v) is 5.67. The lowest BCUT2D eigenvalue weighted by atomic mass is 9.76. The molecule has 0 aromatic carbocycles. The number of nitrogens with one attached hydrogen (secondary N) is 1. The summed E-state index contributed by atoms with van der Waals surface area (Å²) in [5, 5.41) is 3.01. The Bertz CT molecular complexity index is 242. The summed E-state index contributed by atoms with van der Waals surface area (Å²) in [6, 6.07) is 0. The highest BCUT2D eigenvalue weighted by Crippen LogP contribution is 2.30. The third-order valence-corrected chi connectivity index (χ3v) is 3.80. The van der Waals surface area contributed by atoms with E-state index in [0.29, 0.717) is 5.92 Å². The molecule has 0 spiro atoms. The van der Waals surface area contributed by atoms with Crippen molar-refractivity contribution in [2.45, 2.75) is 70.8 Å². The molecule has 0 aliphatic heterocycles. The van der Waals surface area contributed by atoms with Gasteiger partial charge in [-0.1, -0.05) is 46.0 Å². The van der Waals surface area contributed by atoms with E-state index in [1.807, 2.05) is 0 Å². The van der Waals surface area contributed by atoms with E-state index in [1.54, 1.807) is 0 Å². The third kappa shape index (κ3) is 4.66. The number of carbonyl (C=O) groups is 1. The van der Waals surface area contributed by atoms with E-state index in [0.717, 1.165) is 32.2 Å². The fourth-order valence-corrected chi connectivity index (χ4v) is 2.73. The summed E-state index contributed by atoms with van der Waals surface area (Å²) in [4.78, 5) is 12.1. The Morgan fingerprint density at radius 3 is 2.82 bits per heavy atom. The molecule has 3 N–H and O–H groups in total. The minimum atomic E-state index is -0.595. The molecule has 0 heterocycles. The largest absolute Gasteiger partial charge is 0.355 e. The summed E-state index contributed by atoms with van der Waals surface area (Å²) >= 11 is 0. The topological polar surface area (TPSA) is 55.1 Å². The molecule has 0 saturated heterocycles. The molecule has 1 aliphatic carbocycles. The highest BCUT2D eigenvalue weighted by atomic mass is 16.2. The summed E-state index contributed by atoms with van der Waals surface area (Å²) in [6.07, 6.45) is 8.73. The normalized spacial score (nSPS) is 29.0. The molecule has 3 heteroatoms. The number of carbonyl (C=O) groups excluding carboxylic acids is 1. The first-order valence-electron chi connectivity index (χ1n) is 7.15.